The van der Waals surface area contributed by atoms with E-state index in [1.54, 1.807) is 4.90 Å². The van der Waals surface area contributed by atoms with Gasteiger partial charge in [0, 0.05) is 12.2 Å². The van der Waals surface area contributed by atoms with Gasteiger partial charge >= 0.3 is 5.97 Å². The van der Waals surface area contributed by atoms with Gasteiger partial charge in [0.05, 0.1) is 12.7 Å². The summed E-state index contributed by atoms with van der Waals surface area (Å²) in [5, 5.41) is 13.3. The molecular weight excluding hydrogens is 330 g/mol. The molecule has 1 aliphatic heterocycles. The first-order valence-electron chi connectivity index (χ1n) is 8.37. The number of carbonyl (C=O) groups is 2. The molecule has 0 radical (unpaired) electrons. The zero-order valence-electron chi connectivity index (χ0n) is 14.0. The number of carboxylic acids is 1. The average molecular weight is 347 g/mol. The summed E-state index contributed by atoms with van der Waals surface area (Å²) >= 11 is 0. The van der Waals surface area contributed by atoms with E-state index in [1.807, 2.05) is 42.5 Å². The van der Waals surface area contributed by atoms with Crippen LogP contribution in [-0.2, 0) is 13.0 Å². The lowest BCUT2D eigenvalue weighted by molar-refractivity contribution is 0.0690. The molecule has 130 valence electrons. The van der Waals surface area contributed by atoms with E-state index >= 15 is 0 Å². The maximum Gasteiger partial charge on any atom is 0.339 e. The molecule has 6 nitrogen and oxygen atoms in total. The highest BCUT2D eigenvalue weighted by molar-refractivity contribution is 6.11. The SMILES string of the molecule is O=C(O)c1cnn2c1C(=O)N(c1ccc(Cc3ccccc3)cc1)CC2. The number of aromatic nitrogens is 2. The van der Waals surface area contributed by atoms with E-state index in [1.165, 1.54) is 16.4 Å². The first kappa shape index (κ1) is 16.1. The van der Waals surface area contributed by atoms with Gasteiger partial charge in [-0.15, -0.1) is 0 Å². The van der Waals surface area contributed by atoms with E-state index in [2.05, 4.69) is 17.2 Å². The Morgan fingerprint density at radius 3 is 2.38 bits per heavy atom. The van der Waals surface area contributed by atoms with E-state index in [9.17, 15) is 14.7 Å². The number of fused-ring (bicyclic) bond motifs is 1. The molecule has 0 saturated carbocycles. The van der Waals surface area contributed by atoms with Crippen LogP contribution < -0.4 is 4.90 Å². The largest absolute Gasteiger partial charge is 0.478 e. The van der Waals surface area contributed by atoms with Crippen molar-refractivity contribution in [2.24, 2.45) is 0 Å². The molecule has 1 N–H and O–H groups in total. The second-order valence-electron chi connectivity index (χ2n) is 6.22. The van der Waals surface area contributed by atoms with E-state index in [-0.39, 0.29) is 17.2 Å². The highest BCUT2D eigenvalue weighted by Crippen LogP contribution is 2.24. The lowest BCUT2D eigenvalue weighted by Gasteiger charge is -2.28. The number of benzene rings is 2. The number of hydrogen-bond donors (Lipinski definition) is 1. The Morgan fingerprint density at radius 1 is 1.00 bits per heavy atom. The Hall–Kier alpha value is -3.41. The standard InChI is InChI=1S/C20H17N3O3/c24-19-18-17(20(25)26)13-21-23(18)11-10-22(19)16-8-6-15(7-9-16)12-14-4-2-1-3-5-14/h1-9,13H,10-12H2,(H,25,26). The number of aromatic carboxylic acids is 1. The third-order valence-electron chi connectivity index (χ3n) is 4.55. The van der Waals surface area contributed by atoms with Gasteiger partial charge in [-0.3, -0.25) is 9.48 Å². The number of carbonyl (C=O) groups excluding carboxylic acids is 1. The van der Waals surface area contributed by atoms with Crippen molar-refractivity contribution in [1.29, 1.82) is 0 Å². The Labute approximate surface area is 150 Å². The Kier molecular flexibility index (Phi) is 4.01. The minimum absolute atomic E-state index is 0.0552. The van der Waals surface area contributed by atoms with Crippen molar-refractivity contribution in [1.82, 2.24) is 9.78 Å². The summed E-state index contributed by atoms with van der Waals surface area (Å²) in [6, 6.07) is 18.0. The van der Waals surface area contributed by atoms with Crippen LogP contribution >= 0.6 is 0 Å². The van der Waals surface area contributed by atoms with Gasteiger partial charge < -0.3 is 10.0 Å². The Balaban J connectivity index is 1.57. The molecule has 0 saturated heterocycles. The summed E-state index contributed by atoms with van der Waals surface area (Å²) in [5.74, 6) is -1.47. The van der Waals surface area contributed by atoms with Crippen molar-refractivity contribution < 1.29 is 14.7 Å². The first-order chi connectivity index (χ1) is 12.6. The van der Waals surface area contributed by atoms with Crippen LogP contribution in [-0.4, -0.2) is 33.3 Å². The van der Waals surface area contributed by atoms with Gasteiger partial charge in [0.2, 0.25) is 0 Å². The second-order valence-corrected chi connectivity index (χ2v) is 6.22. The molecule has 0 aliphatic carbocycles. The molecule has 0 fully saturated rings. The maximum atomic E-state index is 12.8. The number of rotatable bonds is 4. The second kappa shape index (κ2) is 6.48. The zero-order chi connectivity index (χ0) is 18.1. The van der Waals surface area contributed by atoms with Gasteiger partial charge in [-0.05, 0) is 29.7 Å². The topological polar surface area (TPSA) is 75.4 Å². The van der Waals surface area contributed by atoms with Gasteiger partial charge in [0.25, 0.3) is 5.91 Å². The smallest absolute Gasteiger partial charge is 0.339 e. The number of amides is 1. The van der Waals surface area contributed by atoms with E-state index in [4.69, 9.17) is 0 Å². The normalized spacial score (nSPS) is 13.5. The fourth-order valence-electron chi connectivity index (χ4n) is 3.23. The monoisotopic (exact) mass is 347 g/mol. The minimum Gasteiger partial charge on any atom is -0.478 e. The minimum atomic E-state index is -1.14. The molecule has 2 aromatic carbocycles. The number of carboxylic acid groups (broad SMARTS) is 1. The summed E-state index contributed by atoms with van der Waals surface area (Å²) in [4.78, 5) is 25.7. The van der Waals surface area contributed by atoms with Crippen molar-refractivity contribution in [2.45, 2.75) is 13.0 Å². The third kappa shape index (κ3) is 2.86. The molecule has 0 atom stereocenters. The van der Waals surface area contributed by atoms with Gasteiger partial charge in [0.15, 0.2) is 0 Å². The van der Waals surface area contributed by atoms with Crippen LogP contribution in [0.2, 0.25) is 0 Å². The molecule has 1 aliphatic rings. The van der Waals surface area contributed by atoms with E-state index in [0.29, 0.717) is 13.1 Å². The van der Waals surface area contributed by atoms with Crippen molar-refractivity contribution in [3.63, 3.8) is 0 Å². The summed E-state index contributed by atoms with van der Waals surface area (Å²) in [7, 11) is 0. The quantitative estimate of drug-likeness (QED) is 0.787. The molecule has 4 rings (SSSR count). The van der Waals surface area contributed by atoms with Crippen LogP contribution in [0.1, 0.15) is 32.0 Å². The van der Waals surface area contributed by atoms with Crippen LogP contribution in [0.3, 0.4) is 0 Å². The number of hydrogen-bond acceptors (Lipinski definition) is 3. The van der Waals surface area contributed by atoms with E-state index < -0.39 is 5.97 Å². The Bertz CT molecular complexity index is 962. The predicted molar refractivity (Wildman–Crippen MR) is 96.6 cm³/mol. The first-order valence-corrected chi connectivity index (χ1v) is 8.37. The van der Waals surface area contributed by atoms with Crippen molar-refractivity contribution in [3.8, 4) is 0 Å². The lowest BCUT2D eigenvalue weighted by Crippen LogP contribution is -2.41. The molecule has 3 aromatic rings. The third-order valence-corrected chi connectivity index (χ3v) is 4.55. The molecule has 1 amide bonds. The number of nitrogens with zero attached hydrogens (tertiary/aromatic N) is 3. The van der Waals surface area contributed by atoms with Crippen LogP contribution in [0.25, 0.3) is 0 Å². The highest BCUT2D eigenvalue weighted by atomic mass is 16.4. The van der Waals surface area contributed by atoms with Gasteiger partial charge in [-0.2, -0.15) is 5.10 Å². The molecular formula is C20H17N3O3. The van der Waals surface area contributed by atoms with Crippen molar-refractivity contribution >= 4 is 17.6 Å². The van der Waals surface area contributed by atoms with Gasteiger partial charge in [-0.1, -0.05) is 42.5 Å². The van der Waals surface area contributed by atoms with Crippen LogP contribution in [0.15, 0.2) is 60.8 Å². The van der Waals surface area contributed by atoms with Gasteiger partial charge in [0.1, 0.15) is 11.3 Å². The zero-order valence-corrected chi connectivity index (χ0v) is 14.0. The van der Waals surface area contributed by atoms with Gasteiger partial charge in [-0.25, -0.2) is 4.79 Å². The Morgan fingerprint density at radius 2 is 1.69 bits per heavy atom. The van der Waals surface area contributed by atoms with Crippen LogP contribution in [0.4, 0.5) is 5.69 Å². The van der Waals surface area contributed by atoms with Crippen molar-refractivity contribution in [3.05, 3.63) is 83.2 Å². The molecule has 0 unspecified atom stereocenters. The highest BCUT2D eigenvalue weighted by Gasteiger charge is 2.31. The lowest BCUT2D eigenvalue weighted by atomic mass is 10.0. The van der Waals surface area contributed by atoms with Crippen LogP contribution in [0, 0.1) is 0 Å². The summed E-state index contributed by atoms with van der Waals surface area (Å²) in [5.41, 5.74) is 3.22. The fourth-order valence-corrected chi connectivity index (χ4v) is 3.23. The molecule has 0 spiro atoms. The molecule has 1 aromatic heterocycles. The number of anilines is 1. The molecule has 2 heterocycles. The predicted octanol–water partition coefficient (Wildman–Crippen LogP) is 2.83. The molecule has 26 heavy (non-hydrogen) atoms. The summed E-state index contributed by atoms with van der Waals surface area (Å²) in [6.07, 6.45) is 2.06. The van der Waals surface area contributed by atoms with E-state index in [0.717, 1.165) is 17.7 Å². The van der Waals surface area contributed by atoms with Crippen molar-refractivity contribution in [2.75, 3.05) is 11.4 Å². The summed E-state index contributed by atoms with van der Waals surface area (Å²) in [6.45, 7) is 0.935. The summed E-state index contributed by atoms with van der Waals surface area (Å²) < 4.78 is 1.46. The molecule has 6 heteroatoms. The fraction of sp³-hybridized carbons (Fsp3) is 0.150. The molecule has 0 bridgehead atoms. The average Bonchev–Trinajstić information content (AvgIpc) is 3.09. The van der Waals surface area contributed by atoms with Crippen LogP contribution in [0.5, 0.6) is 0 Å². The maximum absolute atomic E-state index is 12.8.